The van der Waals surface area contributed by atoms with Crippen molar-refractivity contribution in [1.29, 1.82) is 0 Å². The molecule has 5 nitrogen and oxygen atoms in total. The van der Waals surface area contributed by atoms with E-state index in [0.29, 0.717) is 12.2 Å². The summed E-state index contributed by atoms with van der Waals surface area (Å²) in [5.41, 5.74) is 3.44. The molecule has 3 aromatic rings. The van der Waals surface area contributed by atoms with Gasteiger partial charge in [0.2, 0.25) is 0 Å². The largest absolute Gasteiger partial charge is 0.458 e. The van der Waals surface area contributed by atoms with Crippen LogP contribution in [0.2, 0.25) is 0 Å². The van der Waals surface area contributed by atoms with Gasteiger partial charge >= 0.3 is 0 Å². The summed E-state index contributed by atoms with van der Waals surface area (Å²) >= 11 is 0. The summed E-state index contributed by atoms with van der Waals surface area (Å²) in [6.45, 7) is 2.18. The molecular weight excluding hydrogens is 254 g/mol. The summed E-state index contributed by atoms with van der Waals surface area (Å²) in [7, 11) is 0. The van der Waals surface area contributed by atoms with Gasteiger partial charge in [-0.15, -0.1) is 0 Å². The van der Waals surface area contributed by atoms with E-state index < -0.39 is 6.10 Å². The number of nitrogens with zero attached hydrogens (tertiary/aromatic N) is 2. The number of aromatic amines is 1. The molecule has 0 aliphatic rings. The Morgan fingerprint density at radius 2 is 2.20 bits per heavy atom. The lowest BCUT2D eigenvalue weighted by Gasteiger charge is -2.09. The highest BCUT2D eigenvalue weighted by Crippen LogP contribution is 2.23. The number of hydrogen-bond donors (Lipinski definition) is 1. The number of aromatic nitrogens is 3. The highest BCUT2D eigenvalue weighted by molar-refractivity contribution is 5.84. The maximum absolute atomic E-state index is 10.4. The Labute approximate surface area is 115 Å². The number of nitrogens with one attached hydrogen (secondary N) is 1. The van der Waals surface area contributed by atoms with Gasteiger partial charge in [-0.1, -0.05) is 6.07 Å². The van der Waals surface area contributed by atoms with Crippen LogP contribution in [-0.2, 0) is 9.53 Å². The number of ether oxygens (including phenoxy) is 1. The molecule has 2 heterocycles. The van der Waals surface area contributed by atoms with Crippen LogP contribution in [0.15, 0.2) is 42.9 Å². The van der Waals surface area contributed by atoms with Crippen LogP contribution < -0.4 is 0 Å². The van der Waals surface area contributed by atoms with Crippen LogP contribution in [0.25, 0.3) is 22.2 Å². The van der Waals surface area contributed by atoms with Gasteiger partial charge in [0, 0.05) is 22.7 Å². The van der Waals surface area contributed by atoms with E-state index in [9.17, 15) is 4.79 Å². The lowest BCUT2D eigenvalue weighted by atomic mass is 10.1. The maximum Gasteiger partial charge on any atom is 0.293 e. The normalized spacial score (nSPS) is 12.2. The number of carbonyl (C=O) groups excluding carboxylic acids is 1. The first-order valence-electron chi connectivity index (χ1n) is 6.26. The Kier molecular flexibility index (Phi) is 3.16. The lowest BCUT2D eigenvalue weighted by molar-refractivity contribution is -0.133. The molecule has 0 fully saturated rings. The Morgan fingerprint density at radius 3 is 3.05 bits per heavy atom. The molecule has 0 amide bonds. The van der Waals surface area contributed by atoms with E-state index in [2.05, 4.69) is 15.0 Å². The molecule has 3 rings (SSSR count). The predicted octanol–water partition coefficient (Wildman–Crippen LogP) is 2.86. The summed E-state index contributed by atoms with van der Waals surface area (Å²) in [5.74, 6) is 0. The van der Waals surface area contributed by atoms with Gasteiger partial charge in [-0.05, 0) is 25.1 Å². The van der Waals surface area contributed by atoms with Crippen molar-refractivity contribution < 1.29 is 9.53 Å². The Bertz CT molecular complexity index is 751. The van der Waals surface area contributed by atoms with E-state index in [0.717, 1.165) is 22.2 Å². The van der Waals surface area contributed by atoms with Crippen LogP contribution in [0.5, 0.6) is 0 Å². The molecule has 0 aliphatic heterocycles. The molecule has 1 atom stereocenters. The fraction of sp³-hybridized carbons (Fsp3) is 0.133. The van der Waals surface area contributed by atoms with Crippen molar-refractivity contribution >= 4 is 17.4 Å². The van der Waals surface area contributed by atoms with E-state index in [-0.39, 0.29) is 0 Å². The summed E-state index contributed by atoms with van der Waals surface area (Å²) in [5, 5.41) is 1.12. The molecule has 2 aromatic heterocycles. The van der Waals surface area contributed by atoms with E-state index in [4.69, 9.17) is 4.74 Å². The van der Waals surface area contributed by atoms with Crippen LogP contribution in [0, 0.1) is 0 Å². The minimum atomic E-state index is -0.407. The molecule has 0 spiro atoms. The zero-order chi connectivity index (χ0) is 13.9. The Balaban J connectivity index is 2.00. The molecule has 100 valence electrons. The van der Waals surface area contributed by atoms with Crippen molar-refractivity contribution in [2.45, 2.75) is 13.0 Å². The molecule has 0 saturated carbocycles. The van der Waals surface area contributed by atoms with Crippen LogP contribution in [0.1, 0.15) is 18.7 Å². The number of rotatable bonds is 4. The van der Waals surface area contributed by atoms with Crippen molar-refractivity contribution in [3.63, 3.8) is 0 Å². The number of benzene rings is 1. The van der Waals surface area contributed by atoms with Crippen LogP contribution >= 0.6 is 0 Å². The van der Waals surface area contributed by atoms with E-state index in [1.165, 1.54) is 0 Å². The summed E-state index contributed by atoms with van der Waals surface area (Å²) in [4.78, 5) is 22.2. The van der Waals surface area contributed by atoms with Gasteiger partial charge < -0.3 is 9.72 Å². The van der Waals surface area contributed by atoms with Crippen LogP contribution in [0.4, 0.5) is 0 Å². The molecule has 1 N–H and O–H groups in total. The monoisotopic (exact) mass is 267 g/mol. The van der Waals surface area contributed by atoms with E-state index >= 15 is 0 Å². The minimum absolute atomic E-state index is 0.407. The number of fused-ring (bicyclic) bond motifs is 1. The molecule has 1 aromatic carbocycles. The second kappa shape index (κ2) is 5.13. The van der Waals surface area contributed by atoms with Gasteiger partial charge in [-0.25, -0.2) is 4.98 Å². The third-order valence-corrected chi connectivity index (χ3v) is 3.18. The summed E-state index contributed by atoms with van der Waals surface area (Å²) in [6, 6.07) is 8.04. The molecule has 0 aliphatic carbocycles. The molecule has 5 heteroatoms. The van der Waals surface area contributed by atoms with E-state index in [1.807, 2.05) is 30.5 Å². The van der Waals surface area contributed by atoms with Gasteiger partial charge in [0.1, 0.15) is 6.10 Å². The quantitative estimate of drug-likeness (QED) is 0.738. The zero-order valence-corrected chi connectivity index (χ0v) is 10.9. The molecule has 20 heavy (non-hydrogen) atoms. The van der Waals surface area contributed by atoms with Gasteiger partial charge in [-0.2, -0.15) is 0 Å². The van der Waals surface area contributed by atoms with Crippen molar-refractivity contribution in [2.24, 2.45) is 0 Å². The Morgan fingerprint density at radius 1 is 1.30 bits per heavy atom. The fourth-order valence-corrected chi connectivity index (χ4v) is 2.08. The zero-order valence-electron chi connectivity index (χ0n) is 10.9. The van der Waals surface area contributed by atoms with Gasteiger partial charge in [-0.3, -0.25) is 9.78 Å². The number of carbonyl (C=O) groups is 1. The average Bonchev–Trinajstić information content (AvgIpc) is 2.95. The second-order valence-electron chi connectivity index (χ2n) is 4.48. The lowest BCUT2D eigenvalue weighted by Crippen LogP contribution is -2.02. The molecular formula is C15H13N3O2. The van der Waals surface area contributed by atoms with Crippen molar-refractivity contribution in [2.75, 3.05) is 0 Å². The molecule has 0 saturated heterocycles. The minimum Gasteiger partial charge on any atom is -0.458 e. The fourth-order valence-electron chi connectivity index (χ4n) is 2.08. The third kappa shape index (κ3) is 2.25. The van der Waals surface area contributed by atoms with Crippen molar-refractivity contribution in [3.05, 3.63) is 48.5 Å². The maximum atomic E-state index is 10.4. The SMILES string of the molecule is CC(OC=O)c1cncc(-c2ccc3[nH]ccc3c2)n1. The highest BCUT2D eigenvalue weighted by atomic mass is 16.5. The topological polar surface area (TPSA) is 67.9 Å². The Hall–Kier alpha value is -2.69. The first kappa shape index (κ1) is 12.3. The van der Waals surface area contributed by atoms with Crippen LogP contribution in [-0.4, -0.2) is 21.4 Å². The second-order valence-corrected chi connectivity index (χ2v) is 4.48. The predicted molar refractivity (Wildman–Crippen MR) is 74.9 cm³/mol. The van der Waals surface area contributed by atoms with Crippen molar-refractivity contribution in [3.8, 4) is 11.3 Å². The summed E-state index contributed by atoms with van der Waals surface area (Å²) < 4.78 is 4.89. The first-order valence-corrected chi connectivity index (χ1v) is 6.26. The number of hydrogen-bond acceptors (Lipinski definition) is 4. The highest BCUT2D eigenvalue weighted by Gasteiger charge is 2.10. The van der Waals surface area contributed by atoms with Gasteiger partial charge in [0.25, 0.3) is 6.47 Å². The number of H-pyrrole nitrogens is 1. The molecule has 0 radical (unpaired) electrons. The summed E-state index contributed by atoms with van der Waals surface area (Å²) in [6.07, 6.45) is 4.80. The molecule has 0 bridgehead atoms. The van der Waals surface area contributed by atoms with E-state index in [1.54, 1.807) is 19.3 Å². The van der Waals surface area contributed by atoms with Gasteiger partial charge in [0.05, 0.1) is 23.8 Å². The molecule has 1 unspecified atom stereocenters. The van der Waals surface area contributed by atoms with Gasteiger partial charge in [0.15, 0.2) is 0 Å². The first-order chi connectivity index (χ1) is 9.78. The smallest absolute Gasteiger partial charge is 0.293 e. The standard InChI is InChI=1S/C15H13N3O2/c1-10(20-9-19)14-7-16-8-15(18-14)11-2-3-13-12(6-11)4-5-17-13/h2-10,17H,1H3. The average molecular weight is 267 g/mol. The van der Waals surface area contributed by atoms with Crippen LogP contribution in [0.3, 0.4) is 0 Å². The third-order valence-electron chi connectivity index (χ3n) is 3.18. The van der Waals surface area contributed by atoms with Crippen molar-refractivity contribution in [1.82, 2.24) is 15.0 Å².